The third-order valence-corrected chi connectivity index (χ3v) is 10.6. The maximum atomic E-state index is 14.1. The first-order chi connectivity index (χ1) is 19.2. The molecule has 220 valence electrons. The van der Waals surface area contributed by atoms with Gasteiger partial charge in [0, 0.05) is 20.3 Å². The lowest BCUT2D eigenvalue weighted by Crippen LogP contribution is -2.87. The van der Waals surface area contributed by atoms with Crippen molar-refractivity contribution in [2.75, 3.05) is 6.61 Å². The molecule has 2 saturated carbocycles. The van der Waals surface area contributed by atoms with Crippen LogP contribution in [0.1, 0.15) is 71.2 Å². The monoisotopic (exact) mass is 568 g/mol. The highest BCUT2D eigenvalue weighted by Gasteiger charge is 2.87. The van der Waals surface area contributed by atoms with Gasteiger partial charge in [-0.1, -0.05) is 30.7 Å². The second-order valence-corrected chi connectivity index (χ2v) is 12.9. The van der Waals surface area contributed by atoms with Gasteiger partial charge in [0.15, 0.2) is 11.2 Å². The number of allylic oxidation sites excluding steroid dienone is 1. The molecule has 0 amide bonds. The standard InChI is InChI=1S/C31H36O10/c1-16-12-13-29-22(16)31(36,26(35)41-27(29,4)5)28(6)20(38-17(2)32)14-21-30(15-37-21,40-18(3)33)23(28)24(29)39-25(34)19-10-8-7-9-11-19/h7-11,20-21,23-24,36H,12-15H2,1-6H3/t20-,21+,23-,24-,28+,29+,30-,31-/m0/s1. The van der Waals surface area contributed by atoms with Crippen molar-refractivity contribution >= 4 is 23.9 Å². The number of rotatable bonds is 4. The summed E-state index contributed by atoms with van der Waals surface area (Å²) in [4.78, 5) is 53.0. The first-order valence-electron chi connectivity index (χ1n) is 14.1. The van der Waals surface area contributed by atoms with E-state index in [9.17, 15) is 24.3 Å². The molecule has 5 aliphatic rings. The summed E-state index contributed by atoms with van der Waals surface area (Å²) in [5.41, 5.74) is -6.12. The Morgan fingerprint density at radius 1 is 1.02 bits per heavy atom. The Hall–Kier alpha value is -3.24. The maximum absolute atomic E-state index is 14.1. The van der Waals surface area contributed by atoms with Crippen LogP contribution in [0, 0.1) is 16.7 Å². The molecule has 3 aliphatic carbocycles. The zero-order valence-corrected chi connectivity index (χ0v) is 24.1. The van der Waals surface area contributed by atoms with Crippen molar-refractivity contribution in [3.05, 3.63) is 47.0 Å². The average Bonchev–Trinajstić information content (AvgIpc) is 3.26. The highest BCUT2D eigenvalue weighted by Crippen LogP contribution is 2.75. The minimum atomic E-state index is -2.27. The minimum absolute atomic E-state index is 0.0383. The van der Waals surface area contributed by atoms with E-state index in [1.807, 2.05) is 6.92 Å². The lowest BCUT2D eigenvalue weighted by molar-refractivity contribution is -0.380. The van der Waals surface area contributed by atoms with E-state index < -0.39 is 75.7 Å². The number of fused-ring (bicyclic) bond motifs is 4. The van der Waals surface area contributed by atoms with Gasteiger partial charge in [-0.2, -0.15) is 0 Å². The van der Waals surface area contributed by atoms with Crippen LogP contribution in [0.4, 0.5) is 0 Å². The number of ether oxygens (including phenoxy) is 5. The summed E-state index contributed by atoms with van der Waals surface area (Å²) in [6, 6.07) is 8.52. The normalized spacial score (nSPS) is 41.6. The fourth-order valence-electron chi connectivity index (χ4n) is 8.97. The summed E-state index contributed by atoms with van der Waals surface area (Å²) in [5, 5.41) is 12.9. The van der Waals surface area contributed by atoms with Crippen molar-refractivity contribution in [1.29, 1.82) is 0 Å². The first kappa shape index (κ1) is 27.9. The van der Waals surface area contributed by atoms with Gasteiger partial charge in [0.05, 0.1) is 28.9 Å². The lowest BCUT2D eigenvalue weighted by Gasteiger charge is -2.74. The lowest BCUT2D eigenvalue weighted by atomic mass is 9.37. The molecule has 6 rings (SSSR count). The van der Waals surface area contributed by atoms with Gasteiger partial charge < -0.3 is 28.8 Å². The molecule has 8 atom stereocenters. The zero-order valence-electron chi connectivity index (χ0n) is 24.1. The van der Waals surface area contributed by atoms with Gasteiger partial charge >= 0.3 is 23.9 Å². The molecule has 10 nitrogen and oxygen atoms in total. The second kappa shape index (κ2) is 8.64. The molecule has 10 heteroatoms. The van der Waals surface area contributed by atoms with Gasteiger partial charge in [0.25, 0.3) is 0 Å². The number of carbonyl (C=O) groups is 4. The highest BCUT2D eigenvalue weighted by atomic mass is 16.6. The maximum Gasteiger partial charge on any atom is 0.343 e. The molecule has 2 saturated heterocycles. The van der Waals surface area contributed by atoms with Crippen molar-refractivity contribution < 1.29 is 48.0 Å². The first-order valence-corrected chi connectivity index (χ1v) is 14.1. The predicted molar refractivity (Wildman–Crippen MR) is 141 cm³/mol. The van der Waals surface area contributed by atoms with E-state index in [0.717, 1.165) is 5.57 Å². The Kier molecular flexibility index (Phi) is 5.88. The van der Waals surface area contributed by atoms with E-state index >= 15 is 0 Å². The molecule has 2 aliphatic heterocycles. The van der Waals surface area contributed by atoms with Gasteiger partial charge in [-0.05, 0) is 51.3 Å². The fraction of sp³-hybridized carbons (Fsp3) is 0.613. The van der Waals surface area contributed by atoms with Crippen LogP contribution >= 0.6 is 0 Å². The molecule has 41 heavy (non-hydrogen) atoms. The number of carbonyl (C=O) groups excluding carboxylic acids is 4. The Balaban J connectivity index is 1.67. The molecule has 2 heterocycles. The average molecular weight is 569 g/mol. The van der Waals surface area contributed by atoms with Crippen molar-refractivity contribution in [3.63, 3.8) is 0 Å². The quantitative estimate of drug-likeness (QED) is 0.328. The number of cyclic esters (lactones) is 1. The van der Waals surface area contributed by atoms with E-state index in [4.69, 9.17) is 23.7 Å². The number of benzene rings is 1. The third kappa shape index (κ3) is 3.26. The summed E-state index contributed by atoms with van der Waals surface area (Å²) >= 11 is 0. The van der Waals surface area contributed by atoms with Gasteiger partial charge in [-0.25, -0.2) is 9.59 Å². The van der Waals surface area contributed by atoms with Crippen LogP contribution in [-0.4, -0.2) is 70.7 Å². The van der Waals surface area contributed by atoms with E-state index in [1.54, 1.807) is 51.1 Å². The number of hydrogen-bond acceptors (Lipinski definition) is 10. The largest absolute Gasteiger partial charge is 0.462 e. The van der Waals surface area contributed by atoms with E-state index in [2.05, 4.69) is 0 Å². The van der Waals surface area contributed by atoms with Crippen molar-refractivity contribution in [1.82, 2.24) is 0 Å². The van der Waals surface area contributed by atoms with Crippen LogP contribution in [0.25, 0.3) is 0 Å². The van der Waals surface area contributed by atoms with Crippen molar-refractivity contribution in [2.45, 2.75) is 95.9 Å². The summed E-state index contributed by atoms with van der Waals surface area (Å²) in [6.07, 6.45) is -1.86. The molecule has 0 unspecified atom stereocenters. The Bertz CT molecular complexity index is 1380. The van der Waals surface area contributed by atoms with E-state index in [-0.39, 0.29) is 13.0 Å². The van der Waals surface area contributed by atoms with Gasteiger partial charge in [0.2, 0.25) is 0 Å². The smallest absolute Gasteiger partial charge is 0.343 e. The van der Waals surface area contributed by atoms with Gasteiger partial charge in [0.1, 0.15) is 23.9 Å². The van der Waals surface area contributed by atoms with Crippen LogP contribution in [0.15, 0.2) is 41.5 Å². The molecule has 1 N–H and O–H groups in total. The molecule has 1 aromatic carbocycles. The summed E-state index contributed by atoms with van der Waals surface area (Å²) in [5.74, 6) is -3.69. The molecule has 0 spiro atoms. The Morgan fingerprint density at radius 2 is 1.71 bits per heavy atom. The second-order valence-electron chi connectivity index (χ2n) is 12.9. The zero-order chi connectivity index (χ0) is 29.8. The Labute approximate surface area is 238 Å². The highest BCUT2D eigenvalue weighted by molar-refractivity contribution is 5.91. The van der Waals surface area contributed by atoms with Gasteiger partial charge in [-0.3, -0.25) is 9.59 Å². The summed E-state index contributed by atoms with van der Waals surface area (Å²) in [6.45, 7) is 9.52. The number of esters is 4. The fourth-order valence-corrected chi connectivity index (χ4v) is 8.97. The Morgan fingerprint density at radius 3 is 2.29 bits per heavy atom. The van der Waals surface area contributed by atoms with Crippen LogP contribution < -0.4 is 0 Å². The van der Waals surface area contributed by atoms with Crippen LogP contribution in [-0.2, 0) is 38.1 Å². The van der Waals surface area contributed by atoms with Crippen molar-refractivity contribution in [3.8, 4) is 0 Å². The van der Waals surface area contributed by atoms with Crippen LogP contribution in [0.5, 0.6) is 0 Å². The van der Waals surface area contributed by atoms with E-state index in [1.165, 1.54) is 13.8 Å². The molecular formula is C31H36O10. The van der Waals surface area contributed by atoms with Crippen molar-refractivity contribution in [2.24, 2.45) is 16.7 Å². The molecule has 0 aromatic heterocycles. The summed E-state index contributed by atoms with van der Waals surface area (Å²) < 4.78 is 30.5. The van der Waals surface area contributed by atoms with E-state index in [0.29, 0.717) is 24.0 Å². The van der Waals surface area contributed by atoms with Crippen LogP contribution in [0.3, 0.4) is 0 Å². The molecule has 0 radical (unpaired) electrons. The molecule has 2 bridgehead atoms. The number of hydrogen-bond donors (Lipinski definition) is 1. The molecule has 1 aromatic rings. The van der Waals surface area contributed by atoms with Crippen LogP contribution in [0.2, 0.25) is 0 Å². The number of aliphatic hydroxyl groups is 1. The molecule has 4 fully saturated rings. The topological polar surface area (TPSA) is 135 Å². The van der Waals surface area contributed by atoms with Gasteiger partial charge in [-0.15, -0.1) is 0 Å². The third-order valence-electron chi connectivity index (χ3n) is 10.6. The predicted octanol–water partition coefficient (Wildman–Crippen LogP) is 3.05. The summed E-state index contributed by atoms with van der Waals surface area (Å²) in [7, 11) is 0. The minimum Gasteiger partial charge on any atom is -0.462 e. The SMILES string of the molecule is CC(=O)O[C@H]1C[C@H]2OC[C@@]2(OC(C)=O)[C@H]2[C@H](OC(=O)c3ccccc3)[C@@]34CCC(C)=C3[C@](O)(C(=O)OC4(C)C)[C@]12C. The molecular weight excluding hydrogens is 532 g/mol.